The Morgan fingerprint density at radius 3 is 2.60 bits per heavy atom. The molecule has 0 radical (unpaired) electrons. The number of nitrogens with zero attached hydrogens (tertiary/aromatic N) is 1. The lowest BCUT2D eigenvalue weighted by Crippen LogP contribution is -2.16. The molecule has 1 aromatic rings. The fourth-order valence-electron chi connectivity index (χ4n) is 1.36. The van der Waals surface area contributed by atoms with E-state index in [0.29, 0.717) is 0 Å². The maximum absolute atomic E-state index is 6.20. The minimum Gasteiger partial charge on any atom is -0.375 e. The van der Waals surface area contributed by atoms with Crippen LogP contribution in [0.4, 0.5) is 5.69 Å². The summed E-state index contributed by atoms with van der Waals surface area (Å²) in [5.41, 5.74) is 2.33. The molecule has 3 heteroatoms. The Bertz CT molecular complexity index is 312. The van der Waals surface area contributed by atoms with Crippen LogP contribution in [-0.2, 0) is 6.54 Å². The molecule has 0 heterocycles. The van der Waals surface area contributed by atoms with Gasteiger partial charge in [0.1, 0.15) is 0 Å². The van der Waals surface area contributed by atoms with E-state index in [1.54, 1.807) is 0 Å². The monoisotopic (exact) mass is 226 g/mol. The van der Waals surface area contributed by atoms with Crippen LogP contribution in [0.25, 0.3) is 0 Å². The molecule has 1 N–H and O–H groups in total. The first-order valence-electron chi connectivity index (χ1n) is 5.39. The summed E-state index contributed by atoms with van der Waals surface area (Å²) in [5, 5.41) is 4.11. The SMILES string of the molecule is CCNCc1ccc(N(C)CC)cc1Cl. The molecular weight excluding hydrogens is 208 g/mol. The molecule has 0 aliphatic heterocycles. The van der Waals surface area contributed by atoms with Gasteiger partial charge in [-0.15, -0.1) is 0 Å². The van der Waals surface area contributed by atoms with E-state index in [2.05, 4.69) is 43.2 Å². The van der Waals surface area contributed by atoms with Gasteiger partial charge in [-0.3, -0.25) is 0 Å². The van der Waals surface area contributed by atoms with Crippen LogP contribution in [-0.4, -0.2) is 20.1 Å². The van der Waals surface area contributed by atoms with Gasteiger partial charge in [-0.1, -0.05) is 24.6 Å². The third-order valence-electron chi connectivity index (χ3n) is 2.52. The molecule has 0 saturated heterocycles. The third kappa shape index (κ3) is 3.40. The van der Waals surface area contributed by atoms with Crippen LogP contribution in [0.5, 0.6) is 0 Å². The van der Waals surface area contributed by atoms with Crippen molar-refractivity contribution in [2.45, 2.75) is 20.4 Å². The Morgan fingerprint density at radius 1 is 1.33 bits per heavy atom. The van der Waals surface area contributed by atoms with Gasteiger partial charge in [-0.05, 0) is 31.2 Å². The highest BCUT2D eigenvalue weighted by molar-refractivity contribution is 6.31. The molecule has 1 aromatic carbocycles. The molecule has 0 amide bonds. The Hall–Kier alpha value is -0.730. The fourth-order valence-corrected chi connectivity index (χ4v) is 1.60. The zero-order valence-corrected chi connectivity index (χ0v) is 10.4. The van der Waals surface area contributed by atoms with Crippen molar-refractivity contribution in [2.24, 2.45) is 0 Å². The summed E-state index contributed by atoms with van der Waals surface area (Å²) in [6.07, 6.45) is 0. The highest BCUT2D eigenvalue weighted by atomic mass is 35.5. The molecule has 0 aliphatic carbocycles. The molecule has 15 heavy (non-hydrogen) atoms. The number of hydrogen-bond acceptors (Lipinski definition) is 2. The topological polar surface area (TPSA) is 15.3 Å². The van der Waals surface area contributed by atoms with Crippen molar-refractivity contribution in [3.8, 4) is 0 Å². The van der Waals surface area contributed by atoms with Gasteiger partial charge in [0.25, 0.3) is 0 Å². The van der Waals surface area contributed by atoms with Gasteiger partial charge in [0, 0.05) is 30.8 Å². The average molecular weight is 227 g/mol. The van der Waals surface area contributed by atoms with E-state index in [1.807, 2.05) is 6.07 Å². The summed E-state index contributed by atoms with van der Waals surface area (Å²) in [5.74, 6) is 0. The van der Waals surface area contributed by atoms with E-state index in [4.69, 9.17) is 11.6 Å². The number of hydrogen-bond donors (Lipinski definition) is 1. The Kier molecular flexibility index (Phi) is 4.92. The van der Waals surface area contributed by atoms with E-state index >= 15 is 0 Å². The van der Waals surface area contributed by atoms with E-state index in [0.717, 1.165) is 30.2 Å². The number of benzene rings is 1. The molecule has 1 rings (SSSR count). The summed E-state index contributed by atoms with van der Waals surface area (Å²) >= 11 is 6.20. The summed E-state index contributed by atoms with van der Waals surface area (Å²) in [6.45, 7) is 7.01. The molecule has 2 nitrogen and oxygen atoms in total. The van der Waals surface area contributed by atoms with Crippen LogP contribution in [0.1, 0.15) is 19.4 Å². The molecule has 0 atom stereocenters. The summed E-state index contributed by atoms with van der Waals surface area (Å²) in [7, 11) is 2.07. The molecule has 0 spiro atoms. The second-order valence-corrected chi connectivity index (χ2v) is 3.98. The Labute approximate surface area is 97.2 Å². The smallest absolute Gasteiger partial charge is 0.0471 e. The second-order valence-electron chi connectivity index (χ2n) is 3.57. The number of nitrogens with one attached hydrogen (secondary N) is 1. The number of anilines is 1. The van der Waals surface area contributed by atoms with Crippen molar-refractivity contribution in [3.05, 3.63) is 28.8 Å². The highest BCUT2D eigenvalue weighted by Crippen LogP contribution is 2.22. The van der Waals surface area contributed by atoms with Crippen LogP contribution >= 0.6 is 11.6 Å². The molecule has 0 aliphatic rings. The molecule has 0 aromatic heterocycles. The Morgan fingerprint density at radius 2 is 2.07 bits per heavy atom. The Balaban J connectivity index is 2.78. The van der Waals surface area contributed by atoms with Gasteiger partial charge >= 0.3 is 0 Å². The lowest BCUT2D eigenvalue weighted by molar-refractivity contribution is 0.727. The normalized spacial score (nSPS) is 10.4. The average Bonchev–Trinajstić information content (AvgIpc) is 2.26. The first kappa shape index (κ1) is 12.3. The van der Waals surface area contributed by atoms with Crippen molar-refractivity contribution >= 4 is 17.3 Å². The van der Waals surface area contributed by atoms with Crippen molar-refractivity contribution in [1.29, 1.82) is 0 Å². The van der Waals surface area contributed by atoms with E-state index in [1.165, 1.54) is 5.69 Å². The lowest BCUT2D eigenvalue weighted by Gasteiger charge is -2.18. The standard InChI is InChI=1S/C12H19ClN2/c1-4-14-9-10-6-7-11(8-12(10)13)15(3)5-2/h6-8,14H,4-5,9H2,1-3H3. The van der Waals surface area contributed by atoms with Gasteiger partial charge in [0.2, 0.25) is 0 Å². The first-order valence-corrected chi connectivity index (χ1v) is 5.77. The maximum Gasteiger partial charge on any atom is 0.0471 e. The van der Waals surface area contributed by atoms with Gasteiger partial charge in [0.15, 0.2) is 0 Å². The van der Waals surface area contributed by atoms with Gasteiger partial charge in [0.05, 0.1) is 0 Å². The van der Waals surface area contributed by atoms with E-state index in [9.17, 15) is 0 Å². The molecule has 0 unspecified atom stereocenters. The summed E-state index contributed by atoms with van der Waals surface area (Å²) in [4.78, 5) is 2.17. The minimum absolute atomic E-state index is 0.839. The van der Waals surface area contributed by atoms with Crippen LogP contribution in [0.3, 0.4) is 0 Å². The van der Waals surface area contributed by atoms with E-state index < -0.39 is 0 Å². The van der Waals surface area contributed by atoms with Crippen LogP contribution in [0.2, 0.25) is 5.02 Å². The highest BCUT2D eigenvalue weighted by Gasteiger charge is 2.03. The van der Waals surface area contributed by atoms with Crippen LogP contribution < -0.4 is 10.2 Å². The van der Waals surface area contributed by atoms with Crippen molar-refractivity contribution in [2.75, 3.05) is 25.0 Å². The molecule has 0 fully saturated rings. The molecule has 0 saturated carbocycles. The van der Waals surface area contributed by atoms with Crippen molar-refractivity contribution in [1.82, 2.24) is 5.32 Å². The maximum atomic E-state index is 6.20. The number of rotatable bonds is 5. The van der Waals surface area contributed by atoms with Crippen LogP contribution in [0.15, 0.2) is 18.2 Å². The molecular formula is C12H19ClN2. The van der Waals surface area contributed by atoms with Gasteiger partial charge < -0.3 is 10.2 Å². The second kappa shape index (κ2) is 5.99. The van der Waals surface area contributed by atoms with E-state index in [-0.39, 0.29) is 0 Å². The quantitative estimate of drug-likeness (QED) is 0.831. The minimum atomic E-state index is 0.839. The van der Waals surface area contributed by atoms with Crippen molar-refractivity contribution < 1.29 is 0 Å². The van der Waals surface area contributed by atoms with Gasteiger partial charge in [-0.2, -0.15) is 0 Å². The lowest BCUT2D eigenvalue weighted by atomic mass is 10.2. The first-order chi connectivity index (χ1) is 7.19. The zero-order valence-electron chi connectivity index (χ0n) is 9.68. The third-order valence-corrected chi connectivity index (χ3v) is 2.87. The van der Waals surface area contributed by atoms with Gasteiger partial charge in [-0.25, -0.2) is 0 Å². The largest absolute Gasteiger partial charge is 0.375 e. The predicted molar refractivity (Wildman–Crippen MR) is 67.8 cm³/mol. The summed E-state index contributed by atoms with van der Waals surface area (Å²) < 4.78 is 0. The zero-order chi connectivity index (χ0) is 11.3. The fraction of sp³-hybridized carbons (Fsp3) is 0.500. The summed E-state index contributed by atoms with van der Waals surface area (Å²) in [6, 6.07) is 6.23. The van der Waals surface area contributed by atoms with Crippen LogP contribution in [0, 0.1) is 0 Å². The van der Waals surface area contributed by atoms with Crippen molar-refractivity contribution in [3.63, 3.8) is 0 Å². The predicted octanol–water partition coefficient (Wildman–Crippen LogP) is 2.91. The molecule has 84 valence electrons. The number of halogens is 1. The molecule has 0 bridgehead atoms.